The number of carbonyl (C=O) groups is 1. The number of amides is 1. The summed E-state index contributed by atoms with van der Waals surface area (Å²) in [5.41, 5.74) is 0.323. The van der Waals surface area contributed by atoms with Gasteiger partial charge in [-0.2, -0.15) is 0 Å². The van der Waals surface area contributed by atoms with Crippen LogP contribution in [0.25, 0.3) is 0 Å². The molecule has 0 aromatic carbocycles. The smallest absolute Gasteiger partial charge is 0.225 e. The molecule has 0 aromatic heterocycles. The van der Waals surface area contributed by atoms with E-state index in [9.17, 15) is 4.79 Å². The van der Waals surface area contributed by atoms with Crippen LogP contribution >= 0.6 is 24.0 Å². The molecule has 0 saturated heterocycles. The van der Waals surface area contributed by atoms with Crippen LogP contribution in [0.4, 0.5) is 0 Å². The molecule has 3 fully saturated rings. The average Bonchev–Trinajstić information content (AvgIpc) is 2.57. The Hall–Kier alpha value is -0.570. The van der Waals surface area contributed by atoms with Crippen molar-refractivity contribution in [3.63, 3.8) is 0 Å². The van der Waals surface area contributed by atoms with Gasteiger partial charge in [0, 0.05) is 51.2 Å². The predicted octanol–water partition coefficient (Wildman–Crippen LogP) is 2.76. The Labute approximate surface area is 181 Å². The van der Waals surface area contributed by atoms with Crippen LogP contribution in [-0.4, -0.2) is 62.7 Å². The first kappa shape index (κ1) is 22.7. The van der Waals surface area contributed by atoms with Crippen molar-refractivity contribution >= 4 is 35.8 Å². The lowest BCUT2D eigenvalue weighted by Crippen LogP contribution is -2.69. The number of guanidine groups is 1. The molecular formula is C20H37IN4O2. The molecule has 1 amide bonds. The molecular weight excluding hydrogens is 455 g/mol. The minimum Gasteiger partial charge on any atom is -0.378 e. The number of hydrogen-bond donors (Lipinski definition) is 2. The van der Waals surface area contributed by atoms with Gasteiger partial charge in [0.2, 0.25) is 5.91 Å². The van der Waals surface area contributed by atoms with E-state index in [1.165, 1.54) is 19.3 Å². The number of ether oxygens (including phenoxy) is 1. The van der Waals surface area contributed by atoms with Crippen molar-refractivity contribution in [2.75, 3.05) is 27.7 Å². The van der Waals surface area contributed by atoms with Gasteiger partial charge in [0.15, 0.2) is 5.96 Å². The van der Waals surface area contributed by atoms with E-state index in [0.29, 0.717) is 23.6 Å². The summed E-state index contributed by atoms with van der Waals surface area (Å²) in [7, 11) is 5.54. The standard InChI is InChI=1S/C20H36N4O2.HI/c1-5-26-17-13-16(20(17)10-7-11-20)23-19(21-2)22-15-9-6-8-14(12-15)18(25)24(3)4;/h14-17H,5-13H2,1-4H3,(H2,21,22,23);1H. The molecule has 4 atom stereocenters. The quantitative estimate of drug-likeness (QED) is 0.352. The Morgan fingerprint density at radius 2 is 1.93 bits per heavy atom. The maximum Gasteiger partial charge on any atom is 0.225 e. The van der Waals surface area contributed by atoms with Gasteiger partial charge in [-0.3, -0.25) is 9.79 Å². The van der Waals surface area contributed by atoms with E-state index in [1.54, 1.807) is 4.90 Å². The molecule has 0 aliphatic heterocycles. The fraction of sp³-hybridized carbons (Fsp3) is 0.900. The maximum atomic E-state index is 12.3. The highest BCUT2D eigenvalue weighted by Gasteiger charge is 2.59. The van der Waals surface area contributed by atoms with Crippen LogP contribution in [-0.2, 0) is 9.53 Å². The molecule has 3 rings (SSSR count). The second kappa shape index (κ2) is 9.76. The number of hydrogen-bond acceptors (Lipinski definition) is 3. The van der Waals surface area contributed by atoms with Crippen LogP contribution in [0.3, 0.4) is 0 Å². The van der Waals surface area contributed by atoms with Crippen molar-refractivity contribution in [3.8, 4) is 0 Å². The lowest BCUT2D eigenvalue weighted by molar-refractivity contribution is -0.168. The van der Waals surface area contributed by atoms with E-state index >= 15 is 0 Å². The molecule has 7 heteroatoms. The van der Waals surface area contributed by atoms with Gasteiger partial charge in [0.05, 0.1) is 6.10 Å². The molecule has 0 aromatic rings. The monoisotopic (exact) mass is 492 g/mol. The van der Waals surface area contributed by atoms with Crippen LogP contribution in [0.15, 0.2) is 4.99 Å². The highest BCUT2D eigenvalue weighted by molar-refractivity contribution is 14.0. The minimum absolute atomic E-state index is 0. The fourth-order valence-corrected chi connectivity index (χ4v) is 5.08. The van der Waals surface area contributed by atoms with Crippen LogP contribution < -0.4 is 10.6 Å². The van der Waals surface area contributed by atoms with Gasteiger partial charge in [-0.1, -0.05) is 12.8 Å². The highest BCUT2D eigenvalue weighted by Crippen LogP contribution is 2.57. The number of carbonyl (C=O) groups excluding carboxylic acids is 1. The van der Waals surface area contributed by atoms with E-state index in [4.69, 9.17) is 4.74 Å². The van der Waals surface area contributed by atoms with Gasteiger partial charge < -0.3 is 20.3 Å². The number of nitrogens with one attached hydrogen (secondary N) is 2. The minimum atomic E-state index is 0. The summed E-state index contributed by atoms with van der Waals surface area (Å²) in [5.74, 6) is 1.28. The molecule has 0 radical (unpaired) electrons. The third-order valence-electron chi connectivity index (χ3n) is 6.78. The lowest BCUT2D eigenvalue weighted by atomic mass is 9.51. The van der Waals surface area contributed by atoms with Crippen molar-refractivity contribution < 1.29 is 9.53 Å². The summed E-state index contributed by atoms with van der Waals surface area (Å²) in [5, 5.41) is 7.25. The lowest BCUT2D eigenvalue weighted by Gasteiger charge is -2.61. The molecule has 6 nitrogen and oxygen atoms in total. The Balaban J connectivity index is 0.00000261. The van der Waals surface area contributed by atoms with Crippen molar-refractivity contribution in [2.45, 2.75) is 76.5 Å². The Bertz CT molecular complexity index is 536. The number of rotatable bonds is 5. The molecule has 4 unspecified atom stereocenters. The Kier molecular flexibility index (Phi) is 8.21. The molecule has 156 valence electrons. The first-order valence-corrected chi connectivity index (χ1v) is 10.3. The molecule has 3 aliphatic rings. The maximum absolute atomic E-state index is 12.3. The largest absolute Gasteiger partial charge is 0.378 e. The summed E-state index contributed by atoms with van der Waals surface area (Å²) < 4.78 is 5.95. The second-order valence-electron chi connectivity index (χ2n) is 8.47. The van der Waals surface area contributed by atoms with E-state index in [2.05, 4.69) is 22.5 Å². The first-order valence-electron chi connectivity index (χ1n) is 10.3. The number of aliphatic imine (C=N–C) groups is 1. The molecule has 1 spiro atoms. The molecule has 0 heterocycles. The second-order valence-corrected chi connectivity index (χ2v) is 8.47. The Morgan fingerprint density at radius 3 is 2.48 bits per heavy atom. The van der Waals surface area contributed by atoms with Crippen LogP contribution in [0.1, 0.15) is 58.3 Å². The van der Waals surface area contributed by atoms with Gasteiger partial charge in [-0.05, 0) is 45.4 Å². The summed E-state index contributed by atoms with van der Waals surface area (Å²) in [4.78, 5) is 18.5. The zero-order chi connectivity index (χ0) is 18.7. The Morgan fingerprint density at radius 1 is 1.19 bits per heavy atom. The van der Waals surface area contributed by atoms with Crippen LogP contribution in [0.5, 0.6) is 0 Å². The molecule has 3 aliphatic carbocycles. The van der Waals surface area contributed by atoms with Gasteiger partial charge in [0.25, 0.3) is 0 Å². The summed E-state index contributed by atoms with van der Waals surface area (Å²) >= 11 is 0. The number of halogens is 1. The first-order chi connectivity index (χ1) is 12.5. The van der Waals surface area contributed by atoms with Crippen molar-refractivity contribution in [1.82, 2.24) is 15.5 Å². The third kappa shape index (κ3) is 4.71. The summed E-state index contributed by atoms with van der Waals surface area (Å²) in [6.45, 7) is 2.89. The van der Waals surface area contributed by atoms with Gasteiger partial charge in [0.1, 0.15) is 0 Å². The van der Waals surface area contributed by atoms with Crippen LogP contribution in [0, 0.1) is 11.3 Å². The molecule has 3 saturated carbocycles. The number of nitrogens with zero attached hydrogens (tertiary/aromatic N) is 2. The van der Waals surface area contributed by atoms with E-state index in [0.717, 1.165) is 44.7 Å². The van der Waals surface area contributed by atoms with Crippen molar-refractivity contribution in [3.05, 3.63) is 0 Å². The van der Waals surface area contributed by atoms with Crippen molar-refractivity contribution in [2.24, 2.45) is 16.3 Å². The predicted molar refractivity (Wildman–Crippen MR) is 120 cm³/mol. The van der Waals surface area contributed by atoms with E-state index in [1.807, 2.05) is 21.1 Å². The normalized spacial score (nSPS) is 31.9. The topological polar surface area (TPSA) is 66.0 Å². The average molecular weight is 492 g/mol. The van der Waals surface area contributed by atoms with E-state index < -0.39 is 0 Å². The molecule has 27 heavy (non-hydrogen) atoms. The van der Waals surface area contributed by atoms with Gasteiger partial charge in [-0.15, -0.1) is 24.0 Å². The zero-order valence-electron chi connectivity index (χ0n) is 17.3. The van der Waals surface area contributed by atoms with Gasteiger partial charge in [-0.25, -0.2) is 0 Å². The summed E-state index contributed by atoms with van der Waals surface area (Å²) in [6, 6.07) is 0.783. The third-order valence-corrected chi connectivity index (χ3v) is 6.78. The summed E-state index contributed by atoms with van der Waals surface area (Å²) in [6.07, 6.45) is 9.41. The zero-order valence-corrected chi connectivity index (χ0v) is 19.6. The molecule has 0 bridgehead atoms. The molecule has 2 N–H and O–H groups in total. The van der Waals surface area contributed by atoms with Gasteiger partial charge >= 0.3 is 0 Å². The van der Waals surface area contributed by atoms with Crippen LogP contribution in [0.2, 0.25) is 0 Å². The van der Waals surface area contributed by atoms with Crippen molar-refractivity contribution in [1.29, 1.82) is 0 Å². The fourth-order valence-electron chi connectivity index (χ4n) is 5.08. The SMILES string of the molecule is CCOC1CC(NC(=NC)NC2CCCC(C(=O)N(C)C)C2)C12CCC2.I. The highest BCUT2D eigenvalue weighted by atomic mass is 127. The van der Waals surface area contributed by atoms with E-state index in [-0.39, 0.29) is 35.8 Å².